The van der Waals surface area contributed by atoms with Crippen molar-refractivity contribution in [1.29, 1.82) is 0 Å². The number of nitrogens with zero attached hydrogens (tertiary/aromatic N) is 4. The Balaban J connectivity index is 1.56. The molecule has 1 aromatic heterocycles. The molecule has 3 aliphatic rings. The Kier molecular flexibility index (Phi) is 4.19. The standard InChI is InChI=1S/C22H25N6/c23-13-15-3-5-17(6-4-15)21-20-14-25-10-11-28(20,24)22(27-21)18-8-7-16-2-1-9-26-19(16)12-18/h1-2,7-12,14-15,17H,3-6,13,23-24H2/q+1. The Labute approximate surface area is 164 Å². The van der Waals surface area contributed by atoms with Gasteiger partial charge in [0.05, 0.1) is 23.5 Å². The van der Waals surface area contributed by atoms with Crippen molar-refractivity contribution in [3.05, 3.63) is 65.9 Å². The number of quaternary nitrogens is 1. The maximum Gasteiger partial charge on any atom is 0.264 e. The van der Waals surface area contributed by atoms with Crippen molar-refractivity contribution in [3.8, 4) is 0 Å². The van der Waals surface area contributed by atoms with Gasteiger partial charge in [-0.05, 0) is 56.3 Å². The van der Waals surface area contributed by atoms with Gasteiger partial charge in [0.25, 0.3) is 5.84 Å². The fourth-order valence-electron chi connectivity index (χ4n) is 4.58. The van der Waals surface area contributed by atoms with Crippen LogP contribution in [0.1, 0.15) is 31.2 Å². The van der Waals surface area contributed by atoms with Crippen molar-refractivity contribution in [2.75, 3.05) is 6.54 Å². The summed E-state index contributed by atoms with van der Waals surface area (Å²) in [5.74, 6) is 8.74. The maximum atomic E-state index is 6.87. The van der Waals surface area contributed by atoms with Crippen LogP contribution in [0.2, 0.25) is 0 Å². The number of amidine groups is 1. The first-order valence-electron chi connectivity index (χ1n) is 9.96. The molecule has 1 aliphatic carbocycles. The van der Waals surface area contributed by atoms with Gasteiger partial charge in [0, 0.05) is 17.5 Å². The van der Waals surface area contributed by atoms with Gasteiger partial charge in [-0.15, -0.1) is 4.59 Å². The van der Waals surface area contributed by atoms with E-state index in [-0.39, 0.29) is 4.59 Å². The first-order valence-corrected chi connectivity index (χ1v) is 9.96. The molecule has 0 radical (unpaired) electrons. The highest BCUT2D eigenvalue weighted by Gasteiger charge is 2.46. The van der Waals surface area contributed by atoms with E-state index in [1.165, 1.54) is 0 Å². The van der Waals surface area contributed by atoms with Crippen molar-refractivity contribution in [2.24, 2.45) is 33.4 Å². The maximum absolute atomic E-state index is 6.87. The lowest BCUT2D eigenvalue weighted by Crippen LogP contribution is -2.53. The Morgan fingerprint density at radius 3 is 2.79 bits per heavy atom. The number of pyridine rings is 1. The summed E-state index contributed by atoms with van der Waals surface area (Å²) in [4.78, 5) is 13.9. The molecule has 5 rings (SSSR count). The summed E-state index contributed by atoms with van der Waals surface area (Å²) in [5.41, 5.74) is 9.88. The highest BCUT2D eigenvalue weighted by atomic mass is 15.6. The van der Waals surface area contributed by atoms with Gasteiger partial charge in [0.2, 0.25) is 5.70 Å². The largest absolute Gasteiger partial charge is 0.330 e. The average Bonchev–Trinajstić information content (AvgIpc) is 3.06. The molecule has 2 aromatic rings. The Hall–Kier alpha value is -2.67. The number of fused-ring (bicyclic) bond motifs is 2. The molecular formula is C22H25N6+. The second-order valence-corrected chi connectivity index (χ2v) is 7.92. The molecule has 0 amide bonds. The first-order chi connectivity index (χ1) is 13.7. The lowest BCUT2D eigenvalue weighted by Gasteiger charge is -2.29. The van der Waals surface area contributed by atoms with Gasteiger partial charge in [0.1, 0.15) is 11.9 Å². The zero-order chi connectivity index (χ0) is 19.1. The van der Waals surface area contributed by atoms with Crippen molar-refractivity contribution in [2.45, 2.75) is 25.7 Å². The average molecular weight is 373 g/mol. The first kappa shape index (κ1) is 17.4. The molecule has 6 heteroatoms. The van der Waals surface area contributed by atoms with Crippen molar-refractivity contribution in [3.63, 3.8) is 0 Å². The third-order valence-electron chi connectivity index (χ3n) is 6.25. The van der Waals surface area contributed by atoms with Crippen LogP contribution in [0, 0.1) is 11.8 Å². The molecule has 1 fully saturated rings. The molecule has 1 aromatic carbocycles. The van der Waals surface area contributed by atoms with E-state index < -0.39 is 0 Å². The van der Waals surface area contributed by atoms with Gasteiger partial charge in [-0.3, -0.25) is 9.98 Å². The molecule has 6 nitrogen and oxygen atoms in total. The summed E-state index contributed by atoms with van der Waals surface area (Å²) in [6.45, 7) is 0.776. The predicted molar refractivity (Wildman–Crippen MR) is 112 cm³/mol. The summed E-state index contributed by atoms with van der Waals surface area (Å²) in [5, 5.41) is 1.11. The number of benzene rings is 1. The zero-order valence-corrected chi connectivity index (χ0v) is 15.8. The second kappa shape index (κ2) is 6.74. The summed E-state index contributed by atoms with van der Waals surface area (Å²) in [6.07, 6.45) is 11.9. The van der Waals surface area contributed by atoms with Crippen LogP contribution >= 0.6 is 0 Å². The minimum absolute atomic E-state index is 0.0774. The third kappa shape index (κ3) is 2.73. The fraction of sp³-hybridized carbons (Fsp3) is 0.318. The van der Waals surface area contributed by atoms with Gasteiger partial charge in [-0.1, -0.05) is 12.1 Å². The van der Waals surface area contributed by atoms with Gasteiger partial charge in [-0.2, -0.15) is 10.8 Å². The van der Waals surface area contributed by atoms with E-state index in [2.05, 4.69) is 34.2 Å². The lowest BCUT2D eigenvalue weighted by molar-refractivity contribution is -0.750. The lowest BCUT2D eigenvalue weighted by atomic mass is 9.80. The Morgan fingerprint density at radius 1 is 1.11 bits per heavy atom. The van der Waals surface area contributed by atoms with E-state index in [4.69, 9.17) is 16.6 Å². The number of hydrogen-bond donors (Lipinski definition) is 2. The molecule has 1 atom stereocenters. The number of rotatable bonds is 3. The highest BCUT2D eigenvalue weighted by molar-refractivity contribution is 6.02. The minimum Gasteiger partial charge on any atom is -0.330 e. The van der Waals surface area contributed by atoms with Crippen LogP contribution in [-0.4, -0.2) is 28.2 Å². The monoisotopic (exact) mass is 373 g/mol. The zero-order valence-electron chi connectivity index (χ0n) is 15.8. The molecule has 28 heavy (non-hydrogen) atoms. The summed E-state index contributed by atoms with van der Waals surface area (Å²) >= 11 is 0. The molecule has 4 N–H and O–H groups in total. The van der Waals surface area contributed by atoms with Crippen molar-refractivity contribution < 1.29 is 4.59 Å². The van der Waals surface area contributed by atoms with Crippen LogP contribution in [0.25, 0.3) is 10.9 Å². The highest BCUT2D eigenvalue weighted by Crippen LogP contribution is 2.41. The quantitative estimate of drug-likeness (QED) is 0.639. The van der Waals surface area contributed by atoms with Crippen molar-refractivity contribution in [1.82, 2.24) is 4.98 Å². The van der Waals surface area contributed by atoms with Crippen molar-refractivity contribution >= 4 is 23.0 Å². The predicted octanol–water partition coefficient (Wildman–Crippen LogP) is 3.22. The molecule has 1 unspecified atom stereocenters. The SMILES string of the molecule is NCC1CCC(C2=C3C=NC=C[N+]3(N)C(c3ccc4cccnc4c3)=N2)CC1. The van der Waals surface area contributed by atoms with Crippen LogP contribution < -0.4 is 11.6 Å². The molecule has 1 saturated carbocycles. The number of aromatic nitrogens is 1. The van der Waals surface area contributed by atoms with E-state index >= 15 is 0 Å². The molecule has 0 spiro atoms. The topological polar surface area (TPSA) is 89.6 Å². The molecule has 0 bridgehead atoms. The molecule has 0 saturated heterocycles. The smallest absolute Gasteiger partial charge is 0.264 e. The second-order valence-electron chi connectivity index (χ2n) is 7.92. The molecule has 3 heterocycles. The fourth-order valence-corrected chi connectivity index (χ4v) is 4.58. The van der Waals surface area contributed by atoms with Gasteiger partial charge in [-0.25, -0.2) is 0 Å². The van der Waals surface area contributed by atoms with E-state index in [0.717, 1.165) is 65.9 Å². The van der Waals surface area contributed by atoms with Crippen LogP contribution in [0.3, 0.4) is 0 Å². The molecule has 142 valence electrons. The van der Waals surface area contributed by atoms with Gasteiger partial charge in [0.15, 0.2) is 0 Å². The number of allylic oxidation sites excluding steroid dienone is 2. The van der Waals surface area contributed by atoms with Crippen LogP contribution in [0.5, 0.6) is 0 Å². The summed E-state index contributed by atoms with van der Waals surface area (Å²) in [7, 11) is 0. The van der Waals surface area contributed by atoms with Gasteiger partial charge < -0.3 is 5.73 Å². The minimum atomic E-state index is 0.0774. The van der Waals surface area contributed by atoms with Crippen LogP contribution in [-0.2, 0) is 0 Å². The Bertz CT molecular complexity index is 1040. The van der Waals surface area contributed by atoms with E-state index in [1.54, 1.807) is 6.20 Å². The normalized spacial score (nSPS) is 29.3. The van der Waals surface area contributed by atoms with Crippen LogP contribution in [0.4, 0.5) is 0 Å². The third-order valence-corrected chi connectivity index (χ3v) is 6.25. The summed E-state index contributed by atoms with van der Waals surface area (Å²) < 4.78 is 0.0774. The Morgan fingerprint density at radius 2 is 1.96 bits per heavy atom. The van der Waals surface area contributed by atoms with E-state index in [1.807, 2.05) is 24.7 Å². The molecule has 2 aliphatic heterocycles. The summed E-state index contributed by atoms with van der Waals surface area (Å²) in [6, 6.07) is 10.3. The number of hydrogen-bond acceptors (Lipinski definition) is 5. The number of nitrogens with two attached hydrogens (primary N) is 2. The van der Waals surface area contributed by atoms with Gasteiger partial charge >= 0.3 is 0 Å². The van der Waals surface area contributed by atoms with E-state index in [9.17, 15) is 0 Å². The van der Waals surface area contributed by atoms with E-state index in [0.29, 0.717) is 11.8 Å². The molecular weight excluding hydrogens is 348 g/mol. The van der Waals surface area contributed by atoms with Crippen LogP contribution in [0.15, 0.2) is 70.3 Å². The number of aliphatic imine (C=N–C) groups is 2.